The summed E-state index contributed by atoms with van der Waals surface area (Å²) in [5, 5.41) is 1.03. The van der Waals surface area contributed by atoms with Crippen LogP contribution in [0.4, 0.5) is 4.39 Å². The van der Waals surface area contributed by atoms with Crippen molar-refractivity contribution in [1.29, 1.82) is 0 Å². The van der Waals surface area contributed by atoms with Crippen molar-refractivity contribution in [3.8, 4) is 0 Å². The molecule has 0 aliphatic heterocycles. The Morgan fingerprint density at radius 2 is 1.90 bits per heavy atom. The molecule has 1 unspecified atom stereocenters. The summed E-state index contributed by atoms with van der Waals surface area (Å²) < 4.78 is 13.5. The summed E-state index contributed by atoms with van der Waals surface area (Å²) in [5.74, 6) is -0.244. The molecule has 2 aromatic rings. The van der Waals surface area contributed by atoms with E-state index in [1.807, 2.05) is 13.0 Å². The van der Waals surface area contributed by atoms with Crippen molar-refractivity contribution in [3.63, 3.8) is 0 Å². The first-order chi connectivity index (χ1) is 9.99. The Kier molecular flexibility index (Phi) is 5.94. The highest BCUT2D eigenvalue weighted by atomic mass is 35.5. The number of hydrogen-bond acceptors (Lipinski definition) is 2. The first-order valence-corrected chi connectivity index (χ1v) is 8.23. The van der Waals surface area contributed by atoms with E-state index in [2.05, 4.69) is 0 Å². The van der Waals surface area contributed by atoms with Crippen molar-refractivity contribution < 1.29 is 4.39 Å². The van der Waals surface area contributed by atoms with Gasteiger partial charge in [-0.25, -0.2) is 4.39 Å². The number of nitrogens with two attached hydrogens (primary N) is 1. The van der Waals surface area contributed by atoms with E-state index in [0.29, 0.717) is 16.5 Å². The fraction of sp³-hybridized carbons (Fsp3) is 0.250. The molecular formula is C16H16Cl2FNS. The minimum Gasteiger partial charge on any atom is -0.327 e. The second-order valence-electron chi connectivity index (χ2n) is 4.80. The molecule has 112 valence electrons. The Balaban J connectivity index is 2.28. The van der Waals surface area contributed by atoms with E-state index >= 15 is 0 Å². The molecule has 0 spiro atoms. The molecule has 0 saturated carbocycles. The standard InChI is InChI=1S/C16H16Cl2FNS/c1-2-12(20)8-10-7-11(19)3-6-16(10)21-13-4-5-14(17)15(18)9-13/h3-7,9,12H,2,8,20H2,1H3. The van der Waals surface area contributed by atoms with Crippen molar-refractivity contribution in [2.24, 2.45) is 5.73 Å². The molecule has 0 aromatic heterocycles. The normalized spacial score (nSPS) is 12.4. The molecule has 0 fully saturated rings. The molecule has 0 aliphatic rings. The van der Waals surface area contributed by atoms with Gasteiger partial charge in [0.1, 0.15) is 5.82 Å². The summed E-state index contributed by atoms with van der Waals surface area (Å²) in [6.45, 7) is 2.02. The van der Waals surface area contributed by atoms with Crippen molar-refractivity contribution in [1.82, 2.24) is 0 Å². The maximum Gasteiger partial charge on any atom is 0.123 e. The fourth-order valence-electron chi connectivity index (χ4n) is 1.90. The van der Waals surface area contributed by atoms with Gasteiger partial charge in [0.15, 0.2) is 0 Å². The zero-order valence-electron chi connectivity index (χ0n) is 11.6. The first-order valence-electron chi connectivity index (χ1n) is 6.66. The Hall–Kier alpha value is -0.740. The summed E-state index contributed by atoms with van der Waals surface area (Å²) in [5.41, 5.74) is 6.91. The first kappa shape index (κ1) is 16.6. The molecule has 1 nitrogen and oxygen atoms in total. The van der Waals surface area contributed by atoms with Gasteiger partial charge in [0.05, 0.1) is 10.0 Å². The fourth-order valence-corrected chi connectivity index (χ4v) is 3.24. The summed E-state index contributed by atoms with van der Waals surface area (Å²) >= 11 is 13.5. The summed E-state index contributed by atoms with van der Waals surface area (Å²) in [4.78, 5) is 1.95. The molecule has 0 bridgehead atoms. The predicted molar refractivity (Wildman–Crippen MR) is 89.0 cm³/mol. The number of halogens is 3. The molecule has 2 rings (SSSR count). The van der Waals surface area contributed by atoms with Crippen LogP contribution in [0.2, 0.25) is 10.0 Å². The van der Waals surface area contributed by atoms with Crippen LogP contribution in [0.15, 0.2) is 46.2 Å². The molecule has 0 heterocycles. The summed E-state index contributed by atoms with van der Waals surface area (Å²) in [7, 11) is 0. The van der Waals surface area contributed by atoms with Gasteiger partial charge in [-0.3, -0.25) is 0 Å². The van der Waals surface area contributed by atoms with Crippen molar-refractivity contribution >= 4 is 35.0 Å². The highest BCUT2D eigenvalue weighted by Gasteiger charge is 2.10. The molecule has 0 aliphatic carbocycles. The monoisotopic (exact) mass is 343 g/mol. The smallest absolute Gasteiger partial charge is 0.123 e. The van der Waals surface area contributed by atoms with E-state index in [1.165, 1.54) is 17.8 Å². The van der Waals surface area contributed by atoms with Gasteiger partial charge in [-0.15, -0.1) is 0 Å². The third-order valence-electron chi connectivity index (χ3n) is 3.15. The lowest BCUT2D eigenvalue weighted by molar-refractivity contribution is 0.610. The average molecular weight is 344 g/mol. The maximum absolute atomic E-state index is 13.5. The second kappa shape index (κ2) is 7.50. The maximum atomic E-state index is 13.5. The van der Waals surface area contributed by atoms with Gasteiger partial charge in [-0.2, -0.15) is 0 Å². The van der Waals surface area contributed by atoms with Crippen LogP contribution in [0.3, 0.4) is 0 Å². The van der Waals surface area contributed by atoms with Crippen LogP contribution in [0.5, 0.6) is 0 Å². The average Bonchev–Trinajstić information content (AvgIpc) is 2.45. The predicted octanol–water partition coefficient (Wildman–Crippen LogP) is 5.56. The van der Waals surface area contributed by atoms with E-state index in [4.69, 9.17) is 28.9 Å². The zero-order valence-corrected chi connectivity index (χ0v) is 13.9. The van der Waals surface area contributed by atoms with Gasteiger partial charge >= 0.3 is 0 Å². The molecule has 0 radical (unpaired) electrons. The van der Waals surface area contributed by atoms with Crippen LogP contribution in [-0.4, -0.2) is 6.04 Å². The van der Waals surface area contributed by atoms with Crippen LogP contribution in [0.1, 0.15) is 18.9 Å². The number of benzene rings is 2. The minimum absolute atomic E-state index is 0.0277. The van der Waals surface area contributed by atoms with Crippen LogP contribution >= 0.6 is 35.0 Å². The second-order valence-corrected chi connectivity index (χ2v) is 6.73. The largest absolute Gasteiger partial charge is 0.327 e. The van der Waals surface area contributed by atoms with E-state index < -0.39 is 0 Å². The van der Waals surface area contributed by atoms with Crippen LogP contribution < -0.4 is 5.73 Å². The van der Waals surface area contributed by atoms with Crippen LogP contribution in [0.25, 0.3) is 0 Å². The van der Waals surface area contributed by atoms with Crippen LogP contribution in [0, 0.1) is 5.82 Å². The number of hydrogen-bond donors (Lipinski definition) is 1. The topological polar surface area (TPSA) is 26.0 Å². The Morgan fingerprint density at radius 1 is 1.14 bits per heavy atom. The molecule has 0 amide bonds. The van der Waals surface area contributed by atoms with E-state index in [1.54, 1.807) is 24.3 Å². The van der Waals surface area contributed by atoms with Gasteiger partial charge in [-0.1, -0.05) is 41.9 Å². The van der Waals surface area contributed by atoms with Gasteiger partial charge < -0.3 is 5.73 Å². The molecular weight excluding hydrogens is 328 g/mol. The van der Waals surface area contributed by atoms with Gasteiger partial charge in [0.2, 0.25) is 0 Å². The SMILES string of the molecule is CCC(N)Cc1cc(F)ccc1Sc1ccc(Cl)c(Cl)c1. The Labute approximate surface area is 138 Å². The highest BCUT2D eigenvalue weighted by molar-refractivity contribution is 7.99. The Bertz CT molecular complexity index is 634. The van der Waals surface area contributed by atoms with E-state index in [9.17, 15) is 4.39 Å². The highest BCUT2D eigenvalue weighted by Crippen LogP contribution is 2.35. The van der Waals surface area contributed by atoms with Crippen molar-refractivity contribution in [2.45, 2.75) is 35.6 Å². The van der Waals surface area contributed by atoms with E-state index in [-0.39, 0.29) is 11.9 Å². The zero-order chi connectivity index (χ0) is 15.4. The molecule has 2 aromatic carbocycles. The third kappa shape index (κ3) is 4.62. The van der Waals surface area contributed by atoms with Gasteiger partial charge in [0, 0.05) is 15.8 Å². The molecule has 21 heavy (non-hydrogen) atoms. The molecule has 2 N–H and O–H groups in total. The lowest BCUT2D eigenvalue weighted by Gasteiger charge is -2.13. The summed E-state index contributed by atoms with van der Waals surface area (Å²) in [6.07, 6.45) is 1.51. The quantitative estimate of drug-likeness (QED) is 0.768. The lowest BCUT2D eigenvalue weighted by atomic mass is 10.0. The van der Waals surface area contributed by atoms with Gasteiger partial charge in [-0.05, 0) is 54.8 Å². The molecule has 0 saturated heterocycles. The molecule has 5 heteroatoms. The lowest BCUT2D eigenvalue weighted by Crippen LogP contribution is -2.21. The van der Waals surface area contributed by atoms with E-state index in [0.717, 1.165) is 21.8 Å². The van der Waals surface area contributed by atoms with Crippen LogP contribution in [-0.2, 0) is 6.42 Å². The Morgan fingerprint density at radius 3 is 2.57 bits per heavy atom. The van der Waals surface area contributed by atoms with Crippen molar-refractivity contribution in [2.75, 3.05) is 0 Å². The molecule has 1 atom stereocenters. The summed E-state index contributed by atoms with van der Waals surface area (Å²) in [6, 6.07) is 10.3. The number of rotatable bonds is 5. The minimum atomic E-state index is -0.244. The third-order valence-corrected chi connectivity index (χ3v) is 4.99. The van der Waals surface area contributed by atoms with Gasteiger partial charge in [0.25, 0.3) is 0 Å². The van der Waals surface area contributed by atoms with Crippen molar-refractivity contribution in [3.05, 3.63) is 57.8 Å².